The molecular weight excluding hydrogens is 312 g/mol. The van der Waals surface area contributed by atoms with Crippen LogP contribution in [-0.4, -0.2) is 40.6 Å². The smallest absolute Gasteiger partial charge is 0.407 e. The van der Waals surface area contributed by atoms with E-state index >= 15 is 0 Å². The maximum Gasteiger partial charge on any atom is 0.407 e. The Morgan fingerprint density at radius 1 is 1.21 bits per heavy atom. The first kappa shape index (κ1) is 19.6. The van der Waals surface area contributed by atoms with E-state index in [4.69, 9.17) is 9.84 Å². The van der Waals surface area contributed by atoms with E-state index in [1.807, 2.05) is 12.1 Å². The number of carbonyl (C=O) groups excluding carboxylic acids is 1. The second kappa shape index (κ2) is 9.00. The lowest BCUT2D eigenvalue weighted by Gasteiger charge is -2.22. The van der Waals surface area contributed by atoms with Gasteiger partial charge in [0.15, 0.2) is 0 Å². The van der Waals surface area contributed by atoms with E-state index in [-0.39, 0.29) is 12.3 Å². The number of alkyl carbamates (subject to hydrolysis) is 1. The molecule has 1 rings (SSSR count). The van der Waals surface area contributed by atoms with Gasteiger partial charge in [-0.15, -0.1) is 0 Å². The van der Waals surface area contributed by atoms with Crippen LogP contribution >= 0.6 is 0 Å². The van der Waals surface area contributed by atoms with Gasteiger partial charge < -0.3 is 25.6 Å². The lowest BCUT2D eigenvalue weighted by atomic mass is 10.0. The highest BCUT2D eigenvalue weighted by atomic mass is 16.6. The number of amides is 2. The minimum atomic E-state index is -1.13. The molecule has 0 unspecified atom stereocenters. The van der Waals surface area contributed by atoms with E-state index in [1.54, 1.807) is 32.9 Å². The average Bonchev–Trinajstić information content (AvgIpc) is 2.44. The van der Waals surface area contributed by atoms with Crippen molar-refractivity contribution in [1.29, 1.82) is 0 Å². The summed E-state index contributed by atoms with van der Waals surface area (Å²) in [5.74, 6) is 0.214. The molecule has 0 aliphatic rings. The fourth-order valence-corrected chi connectivity index (χ4v) is 2.14. The molecule has 7 nitrogen and oxygen atoms in total. The van der Waals surface area contributed by atoms with Gasteiger partial charge >= 0.3 is 12.2 Å². The Hall–Kier alpha value is -2.44. The first-order valence-corrected chi connectivity index (χ1v) is 7.90. The number of carbonyl (C=O) groups is 2. The summed E-state index contributed by atoms with van der Waals surface area (Å²) in [5.41, 5.74) is 0.459. The zero-order valence-electron chi connectivity index (χ0n) is 14.3. The van der Waals surface area contributed by atoms with Gasteiger partial charge in [-0.2, -0.15) is 0 Å². The molecular formula is C17H26N2O5. The van der Waals surface area contributed by atoms with Crippen molar-refractivity contribution in [3.05, 3.63) is 29.8 Å². The van der Waals surface area contributed by atoms with Gasteiger partial charge in [-0.05, 0) is 57.7 Å². The fraction of sp³-hybridized carbons (Fsp3) is 0.529. The Kier molecular flexibility index (Phi) is 7.35. The largest absolute Gasteiger partial charge is 0.508 e. The lowest BCUT2D eigenvalue weighted by Crippen LogP contribution is -2.44. The number of hydrogen-bond donors (Lipinski definition) is 4. The molecule has 0 saturated heterocycles. The maximum absolute atomic E-state index is 11.6. The van der Waals surface area contributed by atoms with Gasteiger partial charge in [-0.3, -0.25) is 0 Å². The van der Waals surface area contributed by atoms with Gasteiger partial charge in [0.05, 0.1) is 0 Å². The maximum atomic E-state index is 11.6. The van der Waals surface area contributed by atoms with Gasteiger partial charge in [0, 0.05) is 12.6 Å². The predicted molar refractivity (Wildman–Crippen MR) is 90.2 cm³/mol. The first-order valence-electron chi connectivity index (χ1n) is 7.90. The van der Waals surface area contributed by atoms with E-state index in [2.05, 4.69) is 10.6 Å². The minimum Gasteiger partial charge on any atom is -0.508 e. The zero-order chi connectivity index (χ0) is 18.2. The highest BCUT2D eigenvalue weighted by Crippen LogP contribution is 2.12. The molecule has 0 aromatic heterocycles. The van der Waals surface area contributed by atoms with Crippen LogP contribution in [0.2, 0.25) is 0 Å². The van der Waals surface area contributed by atoms with Gasteiger partial charge in [-0.25, -0.2) is 9.59 Å². The number of phenolic OH excluding ortho intramolecular Hbond substituents is 1. The first-order chi connectivity index (χ1) is 11.2. The molecule has 0 fully saturated rings. The quantitative estimate of drug-likeness (QED) is 0.611. The van der Waals surface area contributed by atoms with Gasteiger partial charge in [0.2, 0.25) is 0 Å². The Morgan fingerprint density at radius 3 is 2.38 bits per heavy atom. The lowest BCUT2D eigenvalue weighted by molar-refractivity contribution is 0.0521. The van der Waals surface area contributed by atoms with E-state index in [0.717, 1.165) is 18.4 Å². The third-order valence-corrected chi connectivity index (χ3v) is 3.17. The summed E-state index contributed by atoms with van der Waals surface area (Å²) in [4.78, 5) is 22.5. The Morgan fingerprint density at radius 2 is 1.83 bits per heavy atom. The van der Waals surface area contributed by atoms with Crippen molar-refractivity contribution in [2.45, 2.75) is 51.7 Å². The predicted octanol–water partition coefficient (Wildman–Crippen LogP) is 2.88. The Labute approximate surface area is 142 Å². The van der Waals surface area contributed by atoms with Crippen LogP contribution < -0.4 is 10.6 Å². The molecule has 24 heavy (non-hydrogen) atoms. The third-order valence-electron chi connectivity index (χ3n) is 3.17. The van der Waals surface area contributed by atoms with Crippen LogP contribution in [0.25, 0.3) is 0 Å². The second-order valence-corrected chi connectivity index (χ2v) is 6.59. The summed E-state index contributed by atoms with van der Waals surface area (Å²) >= 11 is 0. The monoisotopic (exact) mass is 338 g/mol. The summed E-state index contributed by atoms with van der Waals surface area (Å²) in [6, 6.07) is 6.49. The van der Waals surface area contributed by atoms with Crippen LogP contribution in [0.5, 0.6) is 5.75 Å². The fourth-order valence-electron chi connectivity index (χ4n) is 2.14. The van der Waals surface area contributed by atoms with Crippen LogP contribution in [0.4, 0.5) is 9.59 Å². The molecule has 134 valence electrons. The van der Waals surface area contributed by atoms with E-state index < -0.39 is 23.8 Å². The van der Waals surface area contributed by atoms with Gasteiger partial charge in [-0.1, -0.05) is 12.1 Å². The van der Waals surface area contributed by atoms with E-state index in [0.29, 0.717) is 6.42 Å². The van der Waals surface area contributed by atoms with Crippen molar-refractivity contribution in [3.8, 4) is 5.75 Å². The van der Waals surface area contributed by atoms with Crippen molar-refractivity contribution >= 4 is 12.2 Å². The van der Waals surface area contributed by atoms with Crippen LogP contribution in [0.15, 0.2) is 24.3 Å². The van der Waals surface area contributed by atoms with E-state index in [1.165, 1.54) is 0 Å². The van der Waals surface area contributed by atoms with Gasteiger partial charge in [0.25, 0.3) is 0 Å². The van der Waals surface area contributed by atoms with Gasteiger partial charge in [0.1, 0.15) is 11.4 Å². The number of rotatable bonds is 7. The molecule has 1 atom stereocenters. The SMILES string of the molecule is CC(C)(C)OC(=O)NC[C@H](CCCc1ccc(O)cc1)NC(=O)O. The molecule has 1 aromatic carbocycles. The number of carboxylic acid groups (broad SMARTS) is 1. The molecule has 0 saturated carbocycles. The number of phenols is 1. The molecule has 4 N–H and O–H groups in total. The summed E-state index contributed by atoms with van der Waals surface area (Å²) < 4.78 is 5.13. The van der Waals surface area contributed by atoms with Crippen molar-refractivity contribution in [2.24, 2.45) is 0 Å². The van der Waals surface area contributed by atoms with Crippen LogP contribution in [0.1, 0.15) is 39.2 Å². The van der Waals surface area contributed by atoms with Crippen molar-refractivity contribution in [2.75, 3.05) is 6.54 Å². The second-order valence-electron chi connectivity index (χ2n) is 6.59. The number of aryl methyl sites for hydroxylation is 1. The molecule has 2 amide bonds. The number of aromatic hydroxyl groups is 1. The molecule has 0 aliphatic heterocycles. The molecule has 0 radical (unpaired) electrons. The van der Waals surface area contributed by atoms with Crippen LogP contribution in [-0.2, 0) is 11.2 Å². The summed E-state index contributed by atoms with van der Waals surface area (Å²) in [6.07, 6.45) is 0.369. The van der Waals surface area contributed by atoms with Crippen molar-refractivity contribution < 1.29 is 24.5 Å². The summed E-state index contributed by atoms with van der Waals surface area (Å²) in [5, 5.41) is 23.1. The third kappa shape index (κ3) is 8.87. The average molecular weight is 338 g/mol. The molecule has 0 spiro atoms. The van der Waals surface area contributed by atoms with Crippen molar-refractivity contribution in [3.63, 3.8) is 0 Å². The highest BCUT2D eigenvalue weighted by Gasteiger charge is 2.18. The Balaban J connectivity index is 2.42. The minimum absolute atomic E-state index is 0.163. The molecule has 0 heterocycles. The molecule has 1 aromatic rings. The zero-order valence-corrected chi connectivity index (χ0v) is 14.3. The van der Waals surface area contributed by atoms with E-state index in [9.17, 15) is 14.7 Å². The van der Waals surface area contributed by atoms with Crippen LogP contribution in [0, 0.1) is 0 Å². The standard InChI is InChI=1S/C17H26N2O5/c1-17(2,3)24-16(23)18-11-13(19-15(21)22)6-4-5-12-7-9-14(20)10-8-12/h7-10,13,19-20H,4-6,11H2,1-3H3,(H,18,23)(H,21,22)/t13-/m0/s1. The summed E-state index contributed by atoms with van der Waals surface area (Å²) in [6.45, 7) is 5.45. The van der Waals surface area contributed by atoms with Crippen LogP contribution in [0.3, 0.4) is 0 Å². The number of nitrogens with one attached hydrogen (secondary N) is 2. The number of benzene rings is 1. The van der Waals surface area contributed by atoms with Crippen molar-refractivity contribution in [1.82, 2.24) is 10.6 Å². The molecule has 7 heteroatoms. The number of ether oxygens (including phenoxy) is 1. The molecule has 0 aliphatic carbocycles. The topological polar surface area (TPSA) is 108 Å². The highest BCUT2D eigenvalue weighted by molar-refractivity contribution is 5.68. The Bertz CT molecular complexity index is 537. The summed E-state index contributed by atoms with van der Waals surface area (Å²) in [7, 11) is 0. The normalized spacial score (nSPS) is 12.3. The molecule has 0 bridgehead atoms. The number of hydrogen-bond acceptors (Lipinski definition) is 4.